The van der Waals surface area contributed by atoms with Crippen molar-refractivity contribution in [1.82, 2.24) is 16.2 Å². The van der Waals surface area contributed by atoms with Crippen LogP contribution < -0.4 is 16.2 Å². The Kier molecular flexibility index (Phi) is 4.02. The summed E-state index contributed by atoms with van der Waals surface area (Å²) in [4.78, 5) is 21.3. The first-order valence-corrected chi connectivity index (χ1v) is 3.35. The molecule has 0 rings (SSSR count). The number of nitrogens with one attached hydrogen (secondary N) is 3. The molecule has 0 bridgehead atoms. The predicted octanol–water partition coefficient (Wildman–Crippen LogP) is -0.397. The summed E-state index contributed by atoms with van der Waals surface area (Å²) < 4.78 is 0. The van der Waals surface area contributed by atoms with Crippen LogP contribution in [0.2, 0.25) is 0 Å². The highest BCUT2D eigenvalue weighted by atomic mass is 16.2. The van der Waals surface area contributed by atoms with Crippen molar-refractivity contribution in [3.05, 3.63) is 0 Å². The molecule has 5 heteroatoms. The minimum absolute atomic E-state index is 0.132. The molecule has 0 radical (unpaired) electrons. The number of hydrogen-bond acceptors (Lipinski definition) is 2. The van der Waals surface area contributed by atoms with Crippen LogP contribution in [-0.2, 0) is 4.79 Å². The van der Waals surface area contributed by atoms with Gasteiger partial charge in [0.05, 0.1) is 0 Å². The van der Waals surface area contributed by atoms with Crippen LogP contribution in [-0.4, -0.2) is 19.0 Å². The summed E-state index contributed by atoms with van der Waals surface area (Å²) in [5.74, 6) is -0.347. The fourth-order valence-corrected chi connectivity index (χ4v) is 0.325. The Bertz CT molecular complexity index is 156. The van der Waals surface area contributed by atoms with Gasteiger partial charge in [0.25, 0.3) is 0 Å². The zero-order chi connectivity index (χ0) is 8.85. The average Bonchev–Trinajstić information content (AvgIpc) is 1.99. The third kappa shape index (κ3) is 4.19. The van der Waals surface area contributed by atoms with Crippen molar-refractivity contribution < 1.29 is 9.59 Å². The van der Waals surface area contributed by atoms with E-state index in [2.05, 4.69) is 16.2 Å². The van der Waals surface area contributed by atoms with E-state index in [0.717, 1.165) is 0 Å². The van der Waals surface area contributed by atoms with Crippen LogP contribution in [0, 0.1) is 5.92 Å². The molecule has 0 aromatic rings. The van der Waals surface area contributed by atoms with Crippen LogP contribution >= 0.6 is 0 Å². The maximum absolute atomic E-state index is 10.8. The summed E-state index contributed by atoms with van der Waals surface area (Å²) in [6, 6.07) is -0.431. The molecular weight excluding hydrogens is 146 g/mol. The Hall–Kier alpha value is -1.26. The van der Waals surface area contributed by atoms with E-state index in [9.17, 15) is 9.59 Å². The van der Waals surface area contributed by atoms with E-state index in [1.54, 1.807) is 13.8 Å². The number of hydrogen-bond donors (Lipinski definition) is 3. The van der Waals surface area contributed by atoms with Crippen LogP contribution in [0.3, 0.4) is 0 Å². The number of rotatable bonds is 1. The maximum atomic E-state index is 10.8. The van der Waals surface area contributed by atoms with E-state index in [1.807, 2.05) is 0 Å². The van der Waals surface area contributed by atoms with Gasteiger partial charge in [0.2, 0.25) is 5.91 Å². The summed E-state index contributed by atoms with van der Waals surface area (Å²) in [5.41, 5.74) is 4.40. The second-order valence-corrected chi connectivity index (χ2v) is 2.35. The van der Waals surface area contributed by atoms with Gasteiger partial charge >= 0.3 is 6.03 Å². The average molecular weight is 159 g/mol. The maximum Gasteiger partial charge on any atom is 0.333 e. The molecule has 0 spiro atoms. The van der Waals surface area contributed by atoms with E-state index in [0.29, 0.717) is 0 Å². The topological polar surface area (TPSA) is 70.2 Å². The summed E-state index contributed by atoms with van der Waals surface area (Å²) in [6.07, 6.45) is 0. The van der Waals surface area contributed by atoms with Crippen molar-refractivity contribution in [2.24, 2.45) is 5.92 Å². The number of carbonyl (C=O) groups is 2. The lowest BCUT2D eigenvalue weighted by Gasteiger charge is -2.07. The van der Waals surface area contributed by atoms with Crippen LogP contribution in [0.25, 0.3) is 0 Å². The van der Waals surface area contributed by atoms with Gasteiger partial charge in [-0.1, -0.05) is 13.8 Å². The van der Waals surface area contributed by atoms with E-state index in [1.165, 1.54) is 7.05 Å². The Morgan fingerprint density at radius 2 is 1.73 bits per heavy atom. The smallest absolute Gasteiger partial charge is 0.333 e. The number of hydrazine groups is 1. The molecule has 0 aromatic carbocycles. The minimum Gasteiger partial charge on any atom is -0.340 e. The minimum atomic E-state index is -0.431. The fraction of sp³-hybridized carbons (Fsp3) is 0.667. The molecule has 0 fully saturated rings. The largest absolute Gasteiger partial charge is 0.340 e. The van der Waals surface area contributed by atoms with Crippen molar-refractivity contribution in [2.45, 2.75) is 13.8 Å². The molecule has 3 N–H and O–H groups in total. The van der Waals surface area contributed by atoms with E-state index < -0.39 is 6.03 Å². The number of carbonyl (C=O) groups excluding carboxylic acids is 2. The van der Waals surface area contributed by atoms with E-state index in [-0.39, 0.29) is 11.8 Å². The molecule has 0 heterocycles. The molecule has 0 aliphatic carbocycles. The molecule has 0 aliphatic rings. The molecular formula is C6H13N3O2. The molecule has 0 aromatic heterocycles. The summed E-state index contributed by atoms with van der Waals surface area (Å²) >= 11 is 0. The SMILES string of the molecule is CNC(=O)NNC(=O)C(C)C. The summed E-state index contributed by atoms with van der Waals surface area (Å²) in [5, 5.41) is 2.29. The lowest BCUT2D eigenvalue weighted by molar-refractivity contribution is -0.124. The van der Waals surface area contributed by atoms with Crippen molar-refractivity contribution in [2.75, 3.05) is 7.05 Å². The second-order valence-electron chi connectivity index (χ2n) is 2.35. The predicted molar refractivity (Wildman–Crippen MR) is 40.6 cm³/mol. The number of amides is 3. The third-order valence-electron chi connectivity index (χ3n) is 1.05. The first kappa shape index (κ1) is 9.74. The lowest BCUT2D eigenvalue weighted by Crippen LogP contribution is -2.47. The van der Waals surface area contributed by atoms with Crippen LogP contribution in [0.15, 0.2) is 0 Å². The Morgan fingerprint density at radius 1 is 1.18 bits per heavy atom. The molecule has 0 aliphatic heterocycles. The van der Waals surface area contributed by atoms with Crippen LogP contribution in [0.5, 0.6) is 0 Å². The summed E-state index contributed by atoms with van der Waals surface area (Å²) in [6.45, 7) is 3.47. The molecule has 0 saturated carbocycles. The van der Waals surface area contributed by atoms with Crippen LogP contribution in [0.1, 0.15) is 13.8 Å². The van der Waals surface area contributed by atoms with Crippen molar-refractivity contribution >= 4 is 11.9 Å². The first-order chi connectivity index (χ1) is 5.07. The quantitative estimate of drug-likeness (QED) is 0.456. The van der Waals surface area contributed by atoms with Gasteiger partial charge in [-0.05, 0) is 0 Å². The van der Waals surface area contributed by atoms with Gasteiger partial charge in [0, 0.05) is 13.0 Å². The zero-order valence-corrected chi connectivity index (χ0v) is 6.89. The standard InChI is InChI=1S/C6H13N3O2/c1-4(2)5(10)8-9-6(11)7-3/h4H,1-3H3,(H,8,10)(H2,7,9,11). The molecule has 0 saturated heterocycles. The Morgan fingerprint density at radius 3 is 2.09 bits per heavy atom. The molecule has 64 valence electrons. The van der Waals surface area contributed by atoms with Crippen molar-refractivity contribution in [3.8, 4) is 0 Å². The highest BCUT2D eigenvalue weighted by Crippen LogP contribution is 1.87. The zero-order valence-electron chi connectivity index (χ0n) is 6.89. The molecule has 5 nitrogen and oxygen atoms in total. The highest BCUT2D eigenvalue weighted by molar-refractivity contribution is 5.81. The molecule has 0 atom stereocenters. The monoisotopic (exact) mass is 159 g/mol. The highest BCUT2D eigenvalue weighted by Gasteiger charge is 2.05. The van der Waals surface area contributed by atoms with Gasteiger partial charge in [0.1, 0.15) is 0 Å². The van der Waals surface area contributed by atoms with Gasteiger partial charge < -0.3 is 5.32 Å². The van der Waals surface area contributed by atoms with Gasteiger partial charge in [-0.3, -0.25) is 10.2 Å². The fourth-order valence-electron chi connectivity index (χ4n) is 0.325. The Balaban J connectivity index is 3.54. The molecule has 3 amide bonds. The summed E-state index contributed by atoms with van der Waals surface area (Å²) in [7, 11) is 1.47. The normalized spacial score (nSPS) is 9.09. The van der Waals surface area contributed by atoms with E-state index >= 15 is 0 Å². The second kappa shape index (κ2) is 4.54. The van der Waals surface area contributed by atoms with Crippen molar-refractivity contribution in [1.29, 1.82) is 0 Å². The Labute approximate surface area is 65.5 Å². The van der Waals surface area contributed by atoms with Crippen LogP contribution in [0.4, 0.5) is 4.79 Å². The van der Waals surface area contributed by atoms with E-state index in [4.69, 9.17) is 0 Å². The third-order valence-corrected chi connectivity index (χ3v) is 1.05. The van der Waals surface area contributed by atoms with Crippen molar-refractivity contribution in [3.63, 3.8) is 0 Å². The molecule has 0 unspecified atom stereocenters. The first-order valence-electron chi connectivity index (χ1n) is 3.35. The lowest BCUT2D eigenvalue weighted by atomic mass is 10.2. The molecule has 11 heavy (non-hydrogen) atoms. The van der Waals surface area contributed by atoms with Gasteiger partial charge in [-0.25, -0.2) is 10.2 Å². The number of urea groups is 1. The van der Waals surface area contributed by atoms with Gasteiger partial charge in [-0.15, -0.1) is 0 Å². The van der Waals surface area contributed by atoms with Gasteiger partial charge in [0.15, 0.2) is 0 Å². The van der Waals surface area contributed by atoms with Gasteiger partial charge in [-0.2, -0.15) is 0 Å².